The summed E-state index contributed by atoms with van der Waals surface area (Å²) in [4.78, 5) is 26.4. The maximum Gasteiger partial charge on any atom is 0.255 e. The van der Waals surface area contributed by atoms with Crippen LogP contribution in [-0.2, 0) is 22.6 Å². The van der Waals surface area contributed by atoms with Gasteiger partial charge in [0.15, 0.2) is 12.2 Å². The minimum absolute atomic E-state index is 0.269. The summed E-state index contributed by atoms with van der Waals surface area (Å²) < 4.78 is 0. The molecular formula is C24H32N2O4. The smallest absolute Gasteiger partial charge is 0.255 e. The van der Waals surface area contributed by atoms with E-state index in [0.717, 1.165) is 24.0 Å². The molecule has 0 fully saturated rings. The van der Waals surface area contributed by atoms with E-state index in [4.69, 9.17) is 0 Å². The first-order valence-corrected chi connectivity index (χ1v) is 10.9. The van der Waals surface area contributed by atoms with Crippen LogP contribution in [0.15, 0.2) is 48.1 Å². The summed E-state index contributed by atoms with van der Waals surface area (Å²) in [5, 5.41) is 23.1. The first kappa shape index (κ1) is 22.2. The van der Waals surface area contributed by atoms with Gasteiger partial charge < -0.3 is 20.4 Å². The Bertz CT molecular complexity index is 817. The molecule has 3 rings (SSSR count). The maximum atomic E-state index is 12.6. The van der Waals surface area contributed by atoms with Gasteiger partial charge in [-0.05, 0) is 41.9 Å². The average molecular weight is 413 g/mol. The number of allylic oxidation sites excluding steroid dienone is 2. The lowest BCUT2D eigenvalue weighted by Crippen LogP contribution is -2.51. The Morgan fingerprint density at radius 2 is 1.97 bits per heavy atom. The topological polar surface area (TPSA) is 89.9 Å². The van der Waals surface area contributed by atoms with Crippen LogP contribution in [0.3, 0.4) is 0 Å². The number of benzene rings is 1. The number of rotatable bonds is 8. The Hall–Kier alpha value is -2.44. The molecule has 0 aromatic heterocycles. The van der Waals surface area contributed by atoms with Gasteiger partial charge in [-0.3, -0.25) is 9.59 Å². The molecule has 0 bridgehead atoms. The summed E-state index contributed by atoms with van der Waals surface area (Å²) in [6.45, 7) is 3.28. The summed E-state index contributed by atoms with van der Waals surface area (Å²) in [5.41, 5.74) is 3.17. The van der Waals surface area contributed by atoms with Crippen molar-refractivity contribution in [3.63, 3.8) is 0 Å². The highest BCUT2D eigenvalue weighted by Crippen LogP contribution is 2.21. The van der Waals surface area contributed by atoms with Crippen molar-refractivity contribution in [1.82, 2.24) is 10.2 Å². The number of hydrogen-bond acceptors (Lipinski definition) is 4. The quantitative estimate of drug-likeness (QED) is 0.610. The molecule has 1 aliphatic carbocycles. The third kappa shape index (κ3) is 5.58. The molecule has 2 aliphatic rings. The molecule has 1 heterocycles. The molecule has 30 heavy (non-hydrogen) atoms. The van der Waals surface area contributed by atoms with Gasteiger partial charge in [0.05, 0.1) is 0 Å². The number of nitrogens with one attached hydrogen (secondary N) is 1. The van der Waals surface area contributed by atoms with E-state index in [-0.39, 0.29) is 6.54 Å². The van der Waals surface area contributed by atoms with Gasteiger partial charge in [-0.25, -0.2) is 0 Å². The van der Waals surface area contributed by atoms with Crippen molar-refractivity contribution in [3.05, 3.63) is 59.2 Å². The summed E-state index contributed by atoms with van der Waals surface area (Å²) in [7, 11) is 0. The number of carbonyl (C=O) groups is 2. The van der Waals surface area contributed by atoms with Crippen LogP contribution in [0.5, 0.6) is 0 Å². The average Bonchev–Trinajstić information content (AvgIpc) is 2.80. The molecule has 3 N–H and O–H groups in total. The zero-order valence-corrected chi connectivity index (χ0v) is 17.6. The monoisotopic (exact) mass is 412 g/mol. The van der Waals surface area contributed by atoms with E-state index in [9.17, 15) is 19.8 Å². The van der Waals surface area contributed by atoms with Crippen molar-refractivity contribution in [2.75, 3.05) is 13.1 Å². The van der Waals surface area contributed by atoms with Crippen molar-refractivity contribution in [2.24, 2.45) is 5.92 Å². The molecule has 3 atom stereocenters. The number of amides is 2. The van der Waals surface area contributed by atoms with Gasteiger partial charge in [0, 0.05) is 19.6 Å². The Morgan fingerprint density at radius 1 is 1.20 bits per heavy atom. The molecule has 1 aliphatic heterocycles. The van der Waals surface area contributed by atoms with E-state index < -0.39 is 24.0 Å². The van der Waals surface area contributed by atoms with E-state index in [1.165, 1.54) is 23.3 Å². The third-order valence-electron chi connectivity index (χ3n) is 5.92. The minimum atomic E-state index is -1.79. The van der Waals surface area contributed by atoms with Gasteiger partial charge in [-0.2, -0.15) is 0 Å². The summed E-state index contributed by atoms with van der Waals surface area (Å²) in [6, 6.07) is 7.84. The van der Waals surface area contributed by atoms with Crippen molar-refractivity contribution >= 4 is 11.8 Å². The highest BCUT2D eigenvalue weighted by molar-refractivity contribution is 5.90. The molecule has 2 amide bonds. The van der Waals surface area contributed by atoms with Gasteiger partial charge >= 0.3 is 0 Å². The predicted octanol–water partition coefficient (Wildman–Crippen LogP) is 2.10. The van der Waals surface area contributed by atoms with Gasteiger partial charge in [0.2, 0.25) is 0 Å². The second-order valence-corrected chi connectivity index (χ2v) is 8.16. The zero-order chi connectivity index (χ0) is 21.5. The Kier molecular flexibility index (Phi) is 7.82. The fraction of sp³-hybridized carbons (Fsp3) is 0.500. The van der Waals surface area contributed by atoms with Crippen LogP contribution < -0.4 is 5.32 Å². The van der Waals surface area contributed by atoms with Gasteiger partial charge in [-0.1, -0.05) is 62.3 Å². The lowest BCUT2D eigenvalue weighted by Gasteiger charge is -2.31. The largest absolute Gasteiger partial charge is 0.380 e. The van der Waals surface area contributed by atoms with Crippen molar-refractivity contribution in [2.45, 2.75) is 57.8 Å². The highest BCUT2D eigenvalue weighted by atomic mass is 16.3. The summed E-state index contributed by atoms with van der Waals surface area (Å²) in [5.74, 6) is -0.817. The second-order valence-electron chi connectivity index (χ2n) is 8.16. The van der Waals surface area contributed by atoms with Crippen LogP contribution in [-0.4, -0.2) is 52.2 Å². The molecule has 3 unspecified atom stereocenters. The molecule has 6 heteroatoms. The first-order valence-electron chi connectivity index (χ1n) is 10.9. The second kappa shape index (κ2) is 10.5. The van der Waals surface area contributed by atoms with Gasteiger partial charge in [0.1, 0.15) is 0 Å². The predicted molar refractivity (Wildman–Crippen MR) is 115 cm³/mol. The van der Waals surface area contributed by atoms with E-state index in [0.29, 0.717) is 25.4 Å². The standard InChI is InChI=1S/C24H32N2O4/c1-2-3-6-17-9-11-18(12-10-17)15-25-23(29)21(27)22(28)24(30)26-14-13-19-7-4-5-8-20(19)16-26/h4-5,7-9,11-12,17,21-22,27-28H,2-3,6,10,13-16H2,1H3,(H,25,29). The molecule has 1 aromatic rings. The molecule has 0 saturated heterocycles. The number of aliphatic hydroxyl groups excluding tert-OH is 2. The SMILES string of the molecule is CCCCC1C=CC(CNC(=O)C(O)C(O)C(=O)N2CCc3ccccc3C2)=CC1. The molecule has 1 aromatic carbocycles. The molecule has 0 saturated carbocycles. The van der Waals surface area contributed by atoms with Crippen LogP contribution in [0.1, 0.15) is 43.7 Å². The number of hydrogen-bond donors (Lipinski definition) is 3. The zero-order valence-electron chi connectivity index (χ0n) is 17.6. The molecule has 162 valence electrons. The Labute approximate surface area is 178 Å². The van der Waals surface area contributed by atoms with Gasteiger partial charge in [-0.15, -0.1) is 0 Å². The molecule has 0 spiro atoms. The molecule has 6 nitrogen and oxygen atoms in total. The normalized spacial score (nSPS) is 20.2. The van der Waals surface area contributed by atoms with E-state index in [2.05, 4.69) is 24.4 Å². The fourth-order valence-electron chi connectivity index (χ4n) is 3.96. The number of aliphatic hydroxyl groups is 2. The van der Waals surface area contributed by atoms with Crippen LogP contribution in [0.2, 0.25) is 0 Å². The van der Waals surface area contributed by atoms with Crippen LogP contribution in [0, 0.1) is 5.92 Å². The van der Waals surface area contributed by atoms with Crippen LogP contribution in [0.25, 0.3) is 0 Å². The highest BCUT2D eigenvalue weighted by Gasteiger charge is 2.34. The van der Waals surface area contributed by atoms with Crippen LogP contribution >= 0.6 is 0 Å². The Morgan fingerprint density at radius 3 is 2.67 bits per heavy atom. The third-order valence-corrected chi connectivity index (χ3v) is 5.92. The molecular weight excluding hydrogens is 380 g/mol. The molecule has 0 radical (unpaired) electrons. The van der Waals surface area contributed by atoms with Crippen molar-refractivity contribution in [1.29, 1.82) is 0 Å². The number of fused-ring (bicyclic) bond motifs is 1. The summed E-state index contributed by atoms with van der Waals surface area (Å²) >= 11 is 0. The van der Waals surface area contributed by atoms with Crippen molar-refractivity contribution < 1.29 is 19.8 Å². The number of carbonyl (C=O) groups excluding carboxylic acids is 2. The lowest BCUT2D eigenvalue weighted by molar-refractivity contribution is -0.153. The lowest BCUT2D eigenvalue weighted by atomic mass is 9.92. The first-order chi connectivity index (χ1) is 14.5. The minimum Gasteiger partial charge on any atom is -0.380 e. The van der Waals surface area contributed by atoms with Crippen molar-refractivity contribution in [3.8, 4) is 0 Å². The van der Waals surface area contributed by atoms with E-state index in [1.807, 2.05) is 30.3 Å². The Balaban J connectivity index is 1.47. The summed E-state index contributed by atoms with van der Waals surface area (Å²) in [6.07, 6.45) is 7.89. The van der Waals surface area contributed by atoms with Gasteiger partial charge in [0.25, 0.3) is 11.8 Å². The maximum absolute atomic E-state index is 12.6. The number of unbranched alkanes of at least 4 members (excludes halogenated alkanes) is 1. The van der Waals surface area contributed by atoms with E-state index >= 15 is 0 Å². The van der Waals surface area contributed by atoms with Crippen LogP contribution in [0.4, 0.5) is 0 Å². The van der Waals surface area contributed by atoms with E-state index in [1.54, 1.807) is 0 Å². The number of nitrogens with zero attached hydrogens (tertiary/aromatic N) is 1. The fourth-order valence-corrected chi connectivity index (χ4v) is 3.96.